The van der Waals surface area contributed by atoms with Crippen LogP contribution >= 0.6 is 0 Å². The summed E-state index contributed by atoms with van der Waals surface area (Å²) in [4.78, 5) is 11.1. The fourth-order valence-corrected chi connectivity index (χ4v) is 4.81. The topological polar surface area (TPSA) is 37.3 Å². The van der Waals surface area contributed by atoms with E-state index in [0.29, 0.717) is 5.20 Å². The number of aliphatic carboxylic acids is 1. The molecule has 0 heterocycles. The molecule has 1 aromatic carbocycles. The largest absolute Gasteiger partial charge is 0.478 e. The van der Waals surface area contributed by atoms with E-state index >= 15 is 0 Å². The third-order valence-corrected chi connectivity index (χ3v) is 5.99. The van der Waals surface area contributed by atoms with E-state index in [9.17, 15) is 4.79 Å². The number of carboxylic acids is 1. The quantitative estimate of drug-likeness (QED) is 0.642. The second kappa shape index (κ2) is 5.12. The smallest absolute Gasteiger partial charge is 0.327 e. The van der Waals surface area contributed by atoms with Gasteiger partial charge in [-0.1, -0.05) is 55.1 Å². The van der Waals surface area contributed by atoms with Crippen molar-refractivity contribution in [2.45, 2.75) is 26.1 Å². The minimum absolute atomic E-state index is 0.608. The molecule has 0 amide bonds. The average Bonchev–Trinajstić information content (AvgIpc) is 2.18. The van der Waals surface area contributed by atoms with Crippen molar-refractivity contribution >= 4 is 14.0 Å². The zero-order valence-electron chi connectivity index (χ0n) is 10.0. The molecule has 1 aromatic rings. The van der Waals surface area contributed by atoms with Crippen molar-refractivity contribution in [3.8, 4) is 0 Å². The SMILES string of the molecule is C/C=C(/C(=O)O)[Si](C)(C)Cc1ccccc1. The Kier molecular flexibility index (Phi) is 4.07. The van der Waals surface area contributed by atoms with Gasteiger partial charge in [0.1, 0.15) is 0 Å². The average molecular weight is 234 g/mol. The van der Waals surface area contributed by atoms with Crippen LogP contribution in [0.3, 0.4) is 0 Å². The van der Waals surface area contributed by atoms with Gasteiger partial charge in [0.25, 0.3) is 0 Å². The van der Waals surface area contributed by atoms with E-state index in [-0.39, 0.29) is 0 Å². The zero-order chi connectivity index (χ0) is 12.2. The number of hydrogen-bond donors (Lipinski definition) is 1. The van der Waals surface area contributed by atoms with Gasteiger partial charge in [0, 0.05) is 5.20 Å². The first-order valence-corrected chi connectivity index (χ1v) is 8.62. The van der Waals surface area contributed by atoms with Crippen molar-refractivity contribution < 1.29 is 9.90 Å². The Balaban J connectivity index is 2.91. The van der Waals surface area contributed by atoms with Crippen LogP contribution < -0.4 is 0 Å². The van der Waals surface area contributed by atoms with Crippen molar-refractivity contribution in [1.82, 2.24) is 0 Å². The Bertz CT molecular complexity index is 394. The summed E-state index contributed by atoms with van der Waals surface area (Å²) in [6.45, 7) is 6.01. The highest BCUT2D eigenvalue weighted by Crippen LogP contribution is 2.20. The first-order valence-electron chi connectivity index (χ1n) is 5.41. The molecule has 0 aliphatic heterocycles. The lowest BCUT2D eigenvalue weighted by Gasteiger charge is -2.23. The zero-order valence-corrected chi connectivity index (χ0v) is 11.0. The Morgan fingerprint density at radius 1 is 1.31 bits per heavy atom. The highest BCUT2D eigenvalue weighted by atomic mass is 28.3. The molecular formula is C13H18O2Si. The molecular weight excluding hydrogens is 216 g/mol. The van der Waals surface area contributed by atoms with Crippen molar-refractivity contribution in [2.24, 2.45) is 0 Å². The molecule has 0 atom stereocenters. The van der Waals surface area contributed by atoms with Crippen LogP contribution in [-0.4, -0.2) is 19.1 Å². The van der Waals surface area contributed by atoms with Gasteiger partial charge in [-0.3, -0.25) is 0 Å². The maximum Gasteiger partial charge on any atom is 0.327 e. The summed E-state index contributed by atoms with van der Waals surface area (Å²) in [7, 11) is -1.88. The molecule has 2 nitrogen and oxygen atoms in total. The highest BCUT2D eigenvalue weighted by Gasteiger charge is 2.30. The summed E-state index contributed by atoms with van der Waals surface area (Å²) in [5.41, 5.74) is 1.22. The third-order valence-electron chi connectivity index (χ3n) is 2.74. The molecule has 0 aromatic heterocycles. The van der Waals surface area contributed by atoms with Gasteiger partial charge in [-0.2, -0.15) is 0 Å². The van der Waals surface area contributed by atoms with Crippen LogP contribution in [0.25, 0.3) is 0 Å². The van der Waals surface area contributed by atoms with Crippen LogP contribution in [0.1, 0.15) is 12.5 Å². The summed E-state index contributed by atoms with van der Waals surface area (Å²) in [6.07, 6.45) is 1.75. The number of carbonyl (C=O) groups is 1. The summed E-state index contributed by atoms with van der Waals surface area (Å²) in [5.74, 6) is -0.768. The molecule has 0 saturated heterocycles. The Labute approximate surface area is 97.6 Å². The van der Waals surface area contributed by atoms with E-state index in [2.05, 4.69) is 25.2 Å². The van der Waals surface area contributed by atoms with Gasteiger partial charge in [-0.15, -0.1) is 0 Å². The van der Waals surface area contributed by atoms with Crippen LogP contribution in [0.15, 0.2) is 41.6 Å². The van der Waals surface area contributed by atoms with Crippen molar-refractivity contribution in [1.29, 1.82) is 0 Å². The van der Waals surface area contributed by atoms with Crippen LogP contribution in [0, 0.1) is 0 Å². The lowest BCUT2D eigenvalue weighted by atomic mass is 10.2. The van der Waals surface area contributed by atoms with E-state index in [1.165, 1.54) is 5.56 Å². The fourth-order valence-electron chi connectivity index (χ4n) is 2.01. The highest BCUT2D eigenvalue weighted by molar-refractivity contribution is 6.87. The molecule has 1 N–H and O–H groups in total. The van der Waals surface area contributed by atoms with Crippen molar-refractivity contribution in [3.63, 3.8) is 0 Å². The van der Waals surface area contributed by atoms with Gasteiger partial charge in [0.2, 0.25) is 0 Å². The van der Waals surface area contributed by atoms with E-state index in [1.807, 2.05) is 25.1 Å². The molecule has 0 bridgehead atoms. The summed E-state index contributed by atoms with van der Waals surface area (Å²) < 4.78 is 0. The van der Waals surface area contributed by atoms with Crippen LogP contribution in [0.5, 0.6) is 0 Å². The maximum atomic E-state index is 11.1. The number of allylic oxidation sites excluding steroid dienone is 1. The predicted octanol–water partition coefficient (Wildman–Crippen LogP) is 3.05. The van der Waals surface area contributed by atoms with E-state index < -0.39 is 14.0 Å². The molecule has 0 fully saturated rings. The minimum atomic E-state index is -1.88. The third kappa shape index (κ3) is 3.07. The van der Waals surface area contributed by atoms with Crippen molar-refractivity contribution in [2.75, 3.05) is 0 Å². The Hall–Kier alpha value is -1.35. The summed E-state index contributed by atoms with van der Waals surface area (Å²) >= 11 is 0. The lowest BCUT2D eigenvalue weighted by molar-refractivity contribution is -0.132. The summed E-state index contributed by atoms with van der Waals surface area (Å²) in [6, 6.07) is 11.0. The van der Waals surface area contributed by atoms with Gasteiger partial charge in [0.05, 0.1) is 8.07 Å². The van der Waals surface area contributed by atoms with Crippen LogP contribution in [0.2, 0.25) is 13.1 Å². The second-order valence-corrected chi connectivity index (χ2v) is 9.21. The molecule has 0 saturated carbocycles. The number of hydrogen-bond acceptors (Lipinski definition) is 1. The number of benzene rings is 1. The molecule has 3 heteroatoms. The van der Waals surface area contributed by atoms with E-state index in [0.717, 1.165) is 6.04 Å². The fraction of sp³-hybridized carbons (Fsp3) is 0.308. The molecule has 0 aliphatic rings. The van der Waals surface area contributed by atoms with Gasteiger partial charge in [-0.05, 0) is 13.0 Å². The van der Waals surface area contributed by atoms with E-state index in [4.69, 9.17) is 5.11 Å². The molecule has 0 radical (unpaired) electrons. The first kappa shape index (κ1) is 12.7. The van der Waals surface area contributed by atoms with Crippen LogP contribution in [0.4, 0.5) is 0 Å². The van der Waals surface area contributed by atoms with Crippen molar-refractivity contribution in [3.05, 3.63) is 47.2 Å². The minimum Gasteiger partial charge on any atom is -0.478 e. The van der Waals surface area contributed by atoms with Gasteiger partial charge in [0.15, 0.2) is 0 Å². The molecule has 0 aliphatic carbocycles. The molecule has 86 valence electrons. The molecule has 16 heavy (non-hydrogen) atoms. The molecule has 0 unspecified atom stereocenters. The first-order chi connectivity index (χ1) is 7.47. The number of rotatable bonds is 4. The standard InChI is InChI=1S/C13H18O2Si/c1-4-12(13(14)15)16(2,3)10-11-8-6-5-7-9-11/h4-9H,10H2,1-3H3,(H,14,15)/b12-4-. The predicted molar refractivity (Wildman–Crippen MR) is 69.0 cm³/mol. The van der Waals surface area contributed by atoms with E-state index in [1.54, 1.807) is 6.08 Å². The summed E-state index contributed by atoms with van der Waals surface area (Å²) in [5, 5.41) is 9.76. The Morgan fingerprint density at radius 3 is 2.31 bits per heavy atom. The maximum absolute atomic E-state index is 11.1. The normalized spacial score (nSPS) is 12.6. The second-order valence-electron chi connectivity index (χ2n) is 4.55. The lowest BCUT2D eigenvalue weighted by Crippen LogP contribution is -2.36. The van der Waals surface area contributed by atoms with Gasteiger partial charge in [-0.25, -0.2) is 4.79 Å². The Morgan fingerprint density at radius 2 is 1.88 bits per heavy atom. The van der Waals surface area contributed by atoms with Crippen LogP contribution in [-0.2, 0) is 10.8 Å². The van der Waals surface area contributed by atoms with Gasteiger partial charge < -0.3 is 5.11 Å². The van der Waals surface area contributed by atoms with Gasteiger partial charge >= 0.3 is 5.97 Å². The molecule has 1 rings (SSSR count). The monoisotopic (exact) mass is 234 g/mol. The molecule has 0 spiro atoms. The number of carboxylic acid groups (broad SMARTS) is 1.